The summed E-state index contributed by atoms with van der Waals surface area (Å²) in [6.07, 6.45) is 0. The van der Waals surface area contributed by atoms with Gasteiger partial charge in [0, 0.05) is 10.2 Å². The number of piperazine rings is 1. The van der Waals surface area contributed by atoms with Gasteiger partial charge in [0.15, 0.2) is 0 Å². The highest BCUT2D eigenvalue weighted by Crippen LogP contribution is 2.27. The number of imide groups is 1. The molecule has 1 aromatic rings. The summed E-state index contributed by atoms with van der Waals surface area (Å²) < 4.78 is 0.783. The van der Waals surface area contributed by atoms with Crippen molar-refractivity contribution in [2.75, 3.05) is 18.0 Å². The maximum Gasteiger partial charge on any atom is 0.246 e. The maximum absolute atomic E-state index is 11.2. The number of carbonyl (C=O) groups is 2. The van der Waals surface area contributed by atoms with Crippen molar-refractivity contribution in [2.45, 2.75) is 0 Å². The molecule has 1 aliphatic heterocycles. The van der Waals surface area contributed by atoms with Crippen molar-refractivity contribution in [3.05, 3.63) is 27.7 Å². The Balaban J connectivity index is 2.26. The second-order valence-electron chi connectivity index (χ2n) is 3.43. The van der Waals surface area contributed by atoms with Gasteiger partial charge in [0.25, 0.3) is 0 Å². The molecule has 0 bridgehead atoms. The molecule has 0 atom stereocenters. The normalized spacial score (nSPS) is 16.2. The molecule has 4 nitrogen and oxygen atoms in total. The number of amides is 2. The second-order valence-corrected chi connectivity index (χ2v) is 4.69. The van der Waals surface area contributed by atoms with E-state index >= 15 is 0 Å². The van der Waals surface area contributed by atoms with Crippen LogP contribution in [0.4, 0.5) is 5.69 Å². The molecule has 84 valence electrons. The Morgan fingerprint density at radius 2 is 1.88 bits per heavy atom. The molecule has 0 spiro atoms. The molecule has 1 saturated heterocycles. The van der Waals surface area contributed by atoms with Gasteiger partial charge in [-0.15, -0.1) is 0 Å². The largest absolute Gasteiger partial charge is 0.353 e. The van der Waals surface area contributed by atoms with Gasteiger partial charge in [-0.05, 0) is 34.1 Å². The van der Waals surface area contributed by atoms with Crippen LogP contribution in [-0.2, 0) is 9.59 Å². The third-order valence-electron chi connectivity index (χ3n) is 2.22. The van der Waals surface area contributed by atoms with Crippen molar-refractivity contribution < 1.29 is 9.59 Å². The predicted molar refractivity (Wildman–Crippen MR) is 64.5 cm³/mol. The van der Waals surface area contributed by atoms with Crippen molar-refractivity contribution in [3.8, 4) is 0 Å². The van der Waals surface area contributed by atoms with Gasteiger partial charge in [0.05, 0.1) is 18.1 Å². The third kappa shape index (κ3) is 2.36. The highest BCUT2D eigenvalue weighted by atomic mass is 79.9. The molecule has 0 aromatic heterocycles. The predicted octanol–water partition coefficient (Wildman–Crippen LogP) is 1.57. The lowest BCUT2D eigenvalue weighted by Gasteiger charge is -2.27. The summed E-state index contributed by atoms with van der Waals surface area (Å²) in [5.41, 5.74) is 0.761. The number of benzene rings is 1. The van der Waals surface area contributed by atoms with Crippen LogP contribution in [0.3, 0.4) is 0 Å². The van der Waals surface area contributed by atoms with Crippen LogP contribution in [0.5, 0.6) is 0 Å². The van der Waals surface area contributed by atoms with Gasteiger partial charge in [-0.25, -0.2) is 0 Å². The summed E-state index contributed by atoms with van der Waals surface area (Å²) in [6.45, 7) is 0.341. The van der Waals surface area contributed by atoms with Crippen LogP contribution in [0.25, 0.3) is 0 Å². The second kappa shape index (κ2) is 4.43. The van der Waals surface area contributed by atoms with Crippen LogP contribution < -0.4 is 10.2 Å². The number of hydrogen-bond acceptors (Lipinski definition) is 3. The van der Waals surface area contributed by atoms with Crippen LogP contribution in [0.1, 0.15) is 0 Å². The zero-order valence-electron chi connectivity index (χ0n) is 8.17. The van der Waals surface area contributed by atoms with E-state index in [-0.39, 0.29) is 24.9 Å². The molecule has 0 radical (unpaired) electrons. The van der Waals surface area contributed by atoms with Gasteiger partial charge >= 0.3 is 0 Å². The zero-order chi connectivity index (χ0) is 11.7. The van der Waals surface area contributed by atoms with Crippen molar-refractivity contribution in [1.29, 1.82) is 0 Å². The van der Waals surface area contributed by atoms with E-state index in [1.165, 1.54) is 0 Å². The minimum atomic E-state index is -0.296. The fourth-order valence-corrected chi connectivity index (χ4v) is 1.92. The van der Waals surface area contributed by atoms with Crippen molar-refractivity contribution in [1.82, 2.24) is 5.32 Å². The lowest BCUT2D eigenvalue weighted by atomic mass is 10.2. The van der Waals surface area contributed by atoms with Gasteiger partial charge in [0.2, 0.25) is 11.8 Å². The summed E-state index contributed by atoms with van der Waals surface area (Å²) in [4.78, 5) is 24.1. The Labute approximate surface area is 106 Å². The Bertz CT molecular complexity index is 448. The summed E-state index contributed by atoms with van der Waals surface area (Å²) in [5, 5.41) is 2.80. The number of halogens is 2. The molecule has 0 saturated carbocycles. The van der Waals surface area contributed by atoms with Crippen LogP contribution in [-0.4, -0.2) is 24.9 Å². The molecule has 1 aromatic carbocycles. The summed E-state index contributed by atoms with van der Waals surface area (Å²) in [5.74, 6) is -0.592. The molecule has 16 heavy (non-hydrogen) atoms. The lowest BCUT2D eigenvalue weighted by molar-refractivity contribution is -0.130. The molecule has 1 fully saturated rings. The Kier molecular flexibility index (Phi) is 3.16. The molecular formula is C10H8BrClN2O2. The lowest BCUT2D eigenvalue weighted by Crippen LogP contribution is -2.51. The molecule has 1 aliphatic rings. The fraction of sp³-hybridized carbons (Fsp3) is 0.200. The van der Waals surface area contributed by atoms with Crippen LogP contribution in [0, 0.1) is 0 Å². The standard InChI is InChI=1S/C10H8BrClN2O2/c11-7-2-1-6(3-8(7)12)14-4-9(15)13-10(16)5-14/h1-3H,4-5H2,(H,13,15,16). The van der Waals surface area contributed by atoms with E-state index in [0.717, 1.165) is 10.2 Å². The number of nitrogens with zero attached hydrogens (tertiary/aromatic N) is 1. The number of nitrogens with one attached hydrogen (secondary N) is 1. The molecule has 0 unspecified atom stereocenters. The Morgan fingerprint density at radius 3 is 2.44 bits per heavy atom. The monoisotopic (exact) mass is 302 g/mol. The van der Waals surface area contributed by atoms with E-state index in [1.54, 1.807) is 17.0 Å². The minimum absolute atomic E-state index is 0.170. The summed E-state index contributed by atoms with van der Waals surface area (Å²) >= 11 is 9.23. The Morgan fingerprint density at radius 1 is 1.25 bits per heavy atom. The van der Waals surface area contributed by atoms with E-state index in [0.29, 0.717) is 5.02 Å². The smallest absolute Gasteiger partial charge is 0.246 e. The molecule has 1 heterocycles. The SMILES string of the molecule is O=C1CN(c2ccc(Br)c(Cl)c2)CC(=O)N1. The molecular weight excluding hydrogens is 295 g/mol. The van der Waals surface area contributed by atoms with E-state index in [1.807, 2.05) is 6.07 Å². The van der Waals surface area contributed by atoms with Crippen molar-refractivity contribution >= 4 is 45.0 Å². The van der Waals surface area contributed by atoms with Gasteiger partial charge in [0.1, 0.15) is 0 Å². The summed E-state index contributed by atoms with van der Waals surface area (Å²) in [7, 11) is 0. The van der Waals surface area contributed by atoms with E-state index < -0.39 is 0 Å². The number of anilines is 1. The van der Waals surface area contributed by atoms with E-state index in [4.69, 9.17) is 11.6 Å². The average Bonchev–Trinajstić information content (AvgIpc) is 2.20. The first-order chi connectivity index (χ1) is 7.56. The van der Waals surface area contributed by atoms with Crippen molar-refractivity contribution in [3.63, 3.8) is 0 Å². The molecule has 0 aliphatic carbocycles. The highest BCUT2D eigenvalue weighted by Gasteiger charge is 2.22. The van der Waals surface area contributed by atoms with Gasteiger partial charge in [-0.3, -0.25) is 14.9 Å². The first-order valence-electron chi connectivity index (χ1n) is 4.59. The first kappa shape index (κ1) is 11.4. The highest BCUT2D eigenvalue weighted by molar-refractivity contribution is 9.10. The zero-order valence-corrected chi connectivity index (χ0v) is 10.5. The van der Waals surface area contributed by atoms with Gasteiger partial charge in [-0.2, -0.15) is 0 Å². The van der Waals surface area contributed by atoms with E-state index in [9.17, 15) is 9.59 Å². The topological polar surface area (TPSA) is 49.4 Å². The quantitative estimate of drug-likeness (QED) is 0.801. The molecule has 1 N–H and O–H groups in total. The fourth-order valence-electron chi connectivity index (χ4n) is 1.50. The summed E-state index contributed by atoms with van der Waals surface area (Å²) in [6, 6.07) is 5.31. The Hall–Kier alpha value is -1.07. The maximum atomic E-state index is 11.2. The molecule has 2 rings (SSSR count). The minimum Gasteiger partial charge on any atom is -0.353 e. The first-order valence-corrected chi connectivity index (χ1v) is 5.76. The number of rotatable bonds is 1. The van der Waals surface area contributed by atoms with Crippen LogP contribution in [0.15, 0.2) is 22.7 Å². The third-order valence-corrected chi connectivity index (χ3v) is 3.45. The van der Waals surface area contributed by atoms with Crippen molar-refractivity contribution in [2.24, 2.45) is 0 Å². The number of carbonyl (C=O) groups excluding carboxylic acids is 2. The molecule has 6 heteroatoms. The van der Waals surface area contributed by atoms with Gasteiger partial charge < -0.3 is 4.90 Å². The average molecular weight is 304 g/mol. The van der Waals surface area contributed by atoms with Crippen LogP contribution >= 0.6 is 27.5 Å². The van der Waals surface area contributed by atoms with E-state index in [2.05, 4.69) is 21.2 Å². The van der Waals surface area contributed by atoms with Crippen LogP contribution in [0.2, 0.25) is 5.02 Å². The molecule has 2 amide bonds. The number of hydrogen-bond donors (Lipinski definition) is 1. The van der Waals surface area contributed by atoms with Gasteiger partial charge in [-0.1, -0.05) is 11.6 Å².